The molecule has 0 aliphatic heterocycles. The number of nitrogens with zero attached hydrogens (tertiary/aromatic N) is 3. The van der Waals surface area contributed by atoms with Crippen molar-refractivity contribution in [1.29, 1.82) is 0 Å². The van der Waals surface area contributed by atoms with Gasteiger partial charge in [-0.1, -0.05) is 111 Å². The van der Waals surface area contributed by atoms with E-state index in [1.54, 1.807) is 0 Å². The Labute approximate surface area is 254 Å². The van der Waals surface area contributed by atoms with Gasteiger partial charge in [0.05, 0.1) is 11.1 Å². The summed E-state index contributed by atoms with van der Waals surface area (Å²) in [5.74, 6) is 0. The first-order valence-electron chi connectivity index (χ1n) is 12.6. The van der Waals surface area contributed by atoms with Gasteiger partial charge in [-0.2, -0.15) is 0 Å². The van der Waals surface area contributed by atoms with Crippen molar-refractivity contribution >= 4 is 53.5 Å². The fourth-order valence-electron chi connectivity index (χ4n) is 3.69. The van der Waals surface area contributed by atoms with E-state index in [1.165, 1.54) is 0 Å². The zero-order valence-corrected chi connectivity index (χ0v) is 34.2. The summed E-state index contributed by atoms with van der Waals surface area (Å²) >= 11 is 12.2. The SMILES string of the molecule is CC(C)P([S-])(=NC(C)(C)C(C)(C)N=P([S-])(C(C)C)C(C)C)C(C)C.C[Si](C)(C)[N-][Si](C)(C)C.[Y+3]. The van der Waals surface area contributed by atoms with Crippen molar-refractivity contribution in [3.63, 3.8) is 0 Å². The topological polar surface area (TPSA) is 38.8 Å². The van der Waals surface area contributed by atoms with E-state index in [9.17, 15) is 0 Å². The van der Waals surface area contributed by atoms with Gasteiger partial charge in [-0.25, -0.2) is 0 Å². The zero-order valence-electron chi connectivity index (χ0n) is 25.9. The summed E-state index contributed by atoms with van der Waals surface area (Å²) in [7, 11) is -2.21. The summed E-state index contributed by atoms with van der Waals surface area (Å²) in [6.07, 6.45) is -3.63. The predicted octanol–water partition coefficient (Wildman–Crippen LogP) is 10.5. The van der Waals surface area contributed by atoms with Crippen LogP contribution in [-0.4, -0.2) is 50.2 Å². The molecule has 0 spiro atoms. The Kier molecular flexibility index (Phi) is 18.0. The molecule has 0 heterocycles. The summed E-state index contributed by atoms with van der Waals surface area (Å²) in [6.45, 7) is 40.3. The van der Waals surface area contributed by atoms with Crippen LogP contribution in [0.1, 0.15) is 83.1 Å². The van der Waals surface area contributed by atoms with Gasteiger partial charge in [0.1, 0.15) is 0 Å². The molecule has 0 aliphatic rings. The van der Waals surface area contributed by atoms with E-state index in [0.717, 1.165) is 0 Å². The van der Waals surface area contributed by atoms with E-state index in [0.29, 0.717) is 22.6 Å². The van der Waals surface area contributed by atoms with E-state index >= 15 is 0 Å². The van der Waals surface area contributed by atoms with Crippen LogP contribution in [-0.2, 0) is 57.2 Å². The normalized spacial score (nSPS) is 14.2. The summed E-state index contributed by atoms with van der Waals surface area (Å²) in [4.78, 5) is 0. The molecule has 0 aromatic carbocycles. The van der Waals surface area contributed by atoms with E-state index < -0.39 is 29.0 Å². The van der Waals surface area contributed by atoms with Crippen molar-refractivity contribution < 1.29 is 32.7 Å². The van der Waals surface area contributed by atoms with Gasteiger partial charge in [0.25, 0.3) is 0 Å². The molecule has 0 bridgehead atoms. The van der Waals surface area contributed by atoms with Gasteiger partial charge in [-0.05, 0) is 50.3 Å². The Hall–Kier alpha value is 2.66. The van der Waals surface area contributed by atoms with E-state index in [4.69, 9.17) is 38.6 Å². The van der Waals surface area contributed by atoms with Gasteiger partial charge in [-0.15, -0.1) is 12.5 Å². The quantitative estimate of drug-likeness (QED) is 0.140. The van der Waals surface area contributed by atoms with Crippen LogP contribution >= 0.6 is 12.5 Å². The van der Waals surface area contributed by atoms with Crippen LogP contribution in [0.5, 0.6) is 0 Å². The molecule has 202 valence electrons. The predicted molar refractivity (Wildman–Crippen MR) is 172 cm³/mol. The third-order valence-electron chi connectivity index (χ3n) is 5.94. The molecule has 0 N–H and O–H groups in total. The summed E-state index contributed by atoms with van der Waals surface area (Å²) in [5.41, 5.74) is 1.04. The Morgan fingerprint density at radius 3 is 0.824 bits per heavy atom. The Morgan fingerprint density at radius 2 is 0.735 bits per heavy atom. The molecule has 0 saturated carbocycles. The number of hydrogen-bond acceptors (Lipinski definition) is 4. The maximum Gasteiger partial charge on any atom is 3.00 e. The Balaban J connectivity index is -0.000000812. The molecule has 0 unspecified atom stereocenters. The van der Waals surface area contributed by atoms with Gasteiger partial charge in [0, 0.05) is 0 Å². The van der Waals surface area contributed by atoms with Crippen LogP contribution in [0.2, 0.25) is 39.3 Å². The first-order valence-corrected chi connectivity index (χ1v) is 25.2. The van der Waals surface area contributed by atoms with Gasteiger partial charge >= 0.3 is 32.7 Å². The Morgan fingerprint density at radius 1 is 0.559 bits per heavy atom. The maximum absolute atomic E-state index is 6.10. The molecule has 0 atom stereocenters. The first kappa shape index (κ1) is 41.1. The molecular formula is C24H58N3P2S2Si2Y. The molecule has 0 amide bonds. The molecule has 0 aromatic rings. The molecule has 0 fully saturated rings. The standard InChI is InChI=1S/C18H40N2P2S2.C6H18NSi2.Y/c1-13(2)21(23,14(3)4)19-17(9,10)18(11,12)20-22(24,15(5)6)16(7)8;1-8(2,3)7-9(4,5)6;/h13-16H,1-12H3;1-6H3;/q-2;-1;+3. The van der Waals surface area contributed by atoms with Crippen LogP contribution in [0.4, 0.5) is 0 Å². The number of hydrogen-bond donors (Lipinski definition) is 0. The summed E-state index contributed by atoms with van der Waals surface area (Å²) < 4.78 is 15.5. The minimum Gasteiger partial charge on any atom is -0.739 e. The smallest absolute Gasteiger partial charge is 0.739 e. The molecule has 0 radical (unpaired) electrons. The molecule has 0 saturated heterocycles. The largest absolute Gasteiger partial charge is 3.00 e. The van der Waals surface area contributed by atoms with Crippen molar-refractivity contribution in [2.24, 2.45) is 9.49 Å². The average Bonchev–Trinajstić information content (AvgIpc) is 2.49. The molecule has 3 nitrogen and oxygen atoms in total. The second-order valence-electron chi connectivity index (χ2n) is 13.5. The third-order valence-corrected chi connectivity index (χ3v) is 24.4. The van der Waals surface area contributed by atoms with E-state index in [2.05, 4.69) is 122 Å². The van der Waals surface area contributed by atoms with Crippen molar-refractivity contribution in [2.75, 3.05) is 0 Å². The molecular weight excluding hydrogens is 601 g/mol. The summed E-state index contributed by atoms with van der Waals surface area (Å²) in [6, 6.07) is 0. The summed E-state index contributed by atoms with van der Waals surface area (Å²) in [5, 5.41) is 0. The minimum absolute atomic E-state index is 0. The fraction of sp³-hybridized carbons (Fsp3) is 1.00. The van der Waals surface area contributed by atoms with Crippen LogP contribution < -0.4 is 0 Å². The number of rotatable bonds is 9. The van der Waals surface area contributed by atoms with Crippen molar-refractivity contribution in [1.82, 2.24) is 0 Å². The monoisotopic (exact) mass is 659 g/mol. The van der Waals surface area contributed by atoms with Crippen LogP contribution in [0, 0.1) is 0 Å². The second kappa shape index (κ2) is 14.9. The van der Waals surface area contributed by atoms with Crippen molar-refractivity contribution in [3.05, 3.63) is 4.65 Å². The molecule has 0 aliphatic carbocycles. The van der Waals surface area contributed by atoms with E-state index in [1.807, 2.05) is 0 Å². The van der Waals surface area contributed by atoms with Crippen molar-refractivity contribution in [2.45, 2.75) is 156 Å². The van der Waals surface area contributed by atoms with E-state index in [-0.39, 0.29) is 43.8 Å². The molecule has 10 heteroatoms. The van der Waals surface area contributed by atoms with Crippen molar-refractivity contribution in [3.8, 4) is 0 Å². The van der Waals surface area contributed by atoms with Gasteiger partial charge < -0.3 is 38.6 Å². The molecule has 0 aromatic heterocycles. The fourth-order valence-corrected chi connectivity index (χ4v) is 18.3. The second-order valence-corrected chi connectivity index (χ2v) is 33.8. The van der Waals surface area contributed by atoms with Crippen LogP contribution in [0.3, 0.4) is 0 Å². The maximum atomic E-state index is 6.10. The minimum atomic E-state index is -1.82. The Bertz CT molecular complexity index is 641. The molecule has 34 heavy (non-hydrogen) atoms. The zero-order chi connectivity index (χ0) is 27.4. The first-order chi connectivity index (χ1) is 14.1. The van der Waals surface area contributed by atoms with Crippen LogP contribution in [0.15, 0.2) is 9.49 Å². The average molecular weight is 660 g/mol. The van der Waals surface area contributed by atoms with Gasteiger partial charge in [0.15, 0.2) is 0 Å². The van der Waals surface area contributed by atoms with Gasteiger partial charge in [-0.3, -0.25) is 0 Å². The van der Waals surface area contributed by atoms with Gasteiger partial charge in [0.2, 0.25) is 0 Å². The third kappa shape index (κ3) is 13.6. The van der Waals surface area contributed by atoms with Crippen LogP contribution in [0.25, 0.3) is 4.65 Å². The molecule has 0 rings (SSSR count).